The van der Waals surface area contributed by atoms with E-state index >= 15 is 0 Å². The van der Waals surface area contributed by atoms with E-state index in [1.54, 1.807) is 32.4 Å². The summed E-state index contributed by atoms with van der Waals surface area (Å²) in [5.74, 6) is 2.46. The summed E-state index contributed by atoms with van der Waals surface area (Å²) in [6, 6.07) is 20.6. The third kappa shape index (κ3) is 4.98. The van der Waals surface area contributed by atoms with Gasteiger partial charge in [0, 0.05) is 0 Å². The molecule has 1 amide bonds. The number of methoxy groups -OCH3 is 2. The van der Waals surface area contributed by atoms with Gasteiger partial charge in [-0.15, -0.1) is 0 Å². The Balaban J connectivity index is 1.44. The predicted molar refractivity (Wildman–Crippen MR) is 123 cm³/mol. The van der Waals surface area contributed by atoms with Crippen LogP contribution in [0, 0.1) is 6.92 Å². The van der Waals surface area contributed by atoms with Gasteiger partial charge in [0.25, 0.3) is 5.91 Å². The van der Waals surface area contributed by atoms with E-state index in [-0.39, 0.29) is 19.1 Å². The van der Waals surface area contributed by atoms with Crippen molar-refractivity contribution in [3.63, 3.8) is 0 Å². The molecule has 1 aliphatic heterocycles. The number of para-hydroxylation sites is 3. The highest BCUT2D eigenvalue weighted by atomic mass is 16.6. The van der Waals surface area contributed by atoms with Crippen LogP contribution in [0.3, 0.4) is 0 Å². The number of hydrogen-bond donors (Lipinski definition) is 1. The van der Waals surface area contributed by atoms with Gasteiger partial charge in [-0.2, -0.15) is 0 Å². The molecule has 3 aromatic rings. The predicted octanol–water partition coefficient (Wildman–Crippen LogP) is 4.09. The van der Waals surface area contributed by atoms with E-state index in [1.807, 2.05) is 55.5 Å². The summed E-state index contributed by atoms with van der Waals surface area (Å²) in [5, 5.41) is 2.89. The second kappa shape index (κ2) is 10.2. The van der Waals surface area contributed by atoms with Gasteiger partial charge in [0.1, 0.15) is 6.61 Å². The molecule has 0 saturated carbocycles. The summed E-state index contributed by atoms with van der Waals surface area (Å²) in [4.78, 5) is 13.1. The highest BCUT2D eigenvalue weighted by Gasteiger charge is 2.38. The van der Waals surface area contributed by atoms with Gasteiger partial charge in [0.05, 0.1) is 20.8 Å². The summed E-state index contributed by atoms with van der Waals surface area (Å²) in [6.07, 6.45) is -1.42. The minimum absolute atomic E-state index is 0.224. The summed E-state index contributed by atoms with van der Waals surface area (Å²) in [6.45, 7) is 2.50. The first-order valence-electron chi connectivity index (χ1n) is 10.7. The number of carbonyl (C=O) groups excluding carboxylic acids is 1. The third-order valence-electron chi connectivity index (χ3n) is 5.33. The highest BCUT2D eigenvalue weighted by Crippen LogP contribution is 2.39. The number of nitrogens with one attached hydrogen (secondary N) is 1. The Kier molecular flexibility index (Phi) is 6.88. The van der Waals surface area contributed by atoms with Gasteiger partial charge < -0.3 is 29.0 Å². The van der Waals surface area contributed by atoms with Crippen molar-refractivity contribution in [3.05, 3.63) is 77.9 Å². The number of ether oxygens (including phenoxy) is 5. The number of aryl methyl sites for hydroxylation is 1. The molecule has 172 valence electrons. The summed E-state index contributed by atoms with van der Waals surface area (Å²) >= 11 is 0. The minimum atomic E-state index is -0.844. The van der Waals surface area contributed by atoms with Crippen LogP contribution < -0.4 is 29.0 Å². The Labute approximate surface area is 193 Å². The van der Waals surface area contributed by atoms with Crippen LogP contribution in [0.25, 0.3) is 0 Å². The molecular formula is C26H27NO6. The van der Waals surface area contributed by atoms with Crippen molar-refractivity contribution in [2.45, 2.75) is 19.1 Å². The first-order chi connectivity index (χ1) is 16.1. The fraction of sp³-hybridized carbons (Fsp3) is 0.269. The normalized spacial score (nSPS) is 16.6. The van der Waals surface area contributed by atoms with Crippen LogP contribution >= 0.6 is 0 Å². The molecule has 7 nitrogen and oxygen atoms in total. The molecule has 4 rings (SSSR count). The summed E-state index contributed by atoms with van der Waals surface area (Å²) in [5.41, 5.74) is 1.99. The van der Waals surface area contributed by atoms with Crippen LogP contribution in [0.1, 0.15) is 17.2 Å². The van der Waals surface area contributed by atoms with E-state index < -0.39 is 12.2 Å². The minimum Gasteiger partial charge on any atom is -0.493 e. The molecule has 0 aromatic heterocycles. The molecule has 3 aromatic carbocycles. The zero-order valence-corrected chi connectivity index (χ0v) is 18.9. The lowest BCUT2D eigenvalue weighted by Gasteiger charge is -2.33. The molecule has 0 aliphatic carbocycles. The molecule has 0 spiro atoms. The number of rotatable bonds is 8. The summed E-state index contributed by atoms with van der Waals surface area (Å²) in [7, 11) is 3.12. The first kappa shape index (κ1) is 22.3. The topological polar surface area (TPSA) is 75.2 Å². The highest BCUT2D eigenvalue weighted by molar-refractivity contribution is 5.82. The van der Waals surface area contributed by atoms with E-state index in [0.717, 1.165) is 11.1 Å². The molecule has 0 unspecified atom stereocenters. The van der Waals surface area contributed by atoms with Crippen molar-refractivity contribution in [3.8, 4) is 28.7 Å². The molecule has 0 saturated heterocycles. The Morgan fingerprint density at radius 3 is 2.15 bits per heavy atom. The lowest BCUT2D eigenvalue weighted by molar-refractivity contribution is -0.134. The monoisotopic (exact) mass is 449 g/mol. The van der Waals surface area contributed by atoms with Crippen molar-refractivity contribution in [2.75, 3.05) is 27.4 Å². The SMILES string of the molecule is COc1cccc(OC)c1OCCNC(=O)[C@H]1Oc2ccccc2O[C@H]1c1ccc(C)cc1. The molecule has 1 N–H and O–H groups in total. The average Bonchev–Trinajstić information content (AvgIpc) is 2.86. The Morgan fingerprint density at radius 2 is 1.52 bits per heavy atom. The lowest BCUT2D eigenvalue weighted by atomic mass is 10.0. The summed E-state index contributed by atoms with van der Waals surface area (Å²) < 4.78 is 28.7. The Morgan fingerprint density at radius 1 is 0.879 bits per heavy atom. The Hall–Kier alpha value is -3.87. The van der Waals surface area contributed by atoms with E-state index in [4.69, 9.17) is 23.7 Å². The Bertz CT molecular complexity index is 1080. The van der Waals surface area contributed by atoms with Gasteiger partial charge >= 0.3 is 0 Å². The van der Waals surface area contributed by atoms with Crippen molar-refractivity contribution in [2.24, 2.45) is 0 Å². The van der Waals surface area contributed by atoms with Crippen LogP contribution in [0.4, 0.5) is 0 Å². The van der Waals surface area contributed by atoms with Crippen LogP contribution in [0.5, 0.6) is 28.7 Å². The number of fused-ring (bicyclic) bond motifs is 1. The quantitative estimate of drug-likeness (QED) is 0.522. The van der Waals surface area contributed by atoms with Crippen molar-refractivity contribution in [1.29, 1.82) is 0 Å². The molecular weight excluding hydrogens is 422 g/mol. The maximum atomic E-state index is 13.1. The van der Waals surface area contributed by atoms with Gasteiger partial charge in [0.15, 0.2) is 29.1 Å². The lowest BCUT2D eigenvalue weighted by Crippen LogP contribution is -2.46. The van der Waals surface area contributed by atoms with Crippen molar-refractivity contribution < 1.29 is 28.5 Å². The van der Waals surface area contributed by atoms with Gasteiger partial charge in [-0.25, -0.2) is 0 Å². The molecule has 0 fully saturated rings. The van der Waals surface area contributed by atoms with Gasteiger partial charge in [-0.1, -0.05) is 48.0 Å². The second-order valence-corrected chi connectivity index (χ2v) is 7.57. The molecule has 33 heavy (non-hydrogen) atoms. The van der Waals surface area contributed by atoms with E-state index in [9.17, 15) is 4.79 Å². The number of amides is 1. The fourth-order valence-electron chi connectivity index (χ4n) is 3.62. The van der Waals surface area contributed by atoms with Crippen LogP contribution in [-0.2, 0) is 4.79 Å². The largest absolute Gasteiger partial charge is 0.493 e. The van der Waals surface area contributed by atoms with E-state index in [0.29, 0.717) is 28.7 Å². The van der Waals surface area contributed by atoms with Gasteiger partial charge in [-0.3, -0.25) is 4.79 Å². The maximum absolute atomic E-state index is 13.1. The standard InChI is InChI=1S/C26H27NO6/c1-17-11-13-18(14-12-17)23-25(33-20-8-5-4-7-19(20)32-23)26(28)27-15-16-31-24-21(29-2)9-6-10-22(24)30-3/h4-14,23,25H,15-16H2,1-3H3,(H,27,28)/t23-,25-/m0/s1. The first-order valence-corrected chi connectivity index (χ1v) is 10.7. The van der Waals surface area contributed by atoms with Crippen molar-refractivity contribution in [1.82, 2.24) is 5.32 Å². The number of benzene rings is 3. The molecule has 1 heterocycles. The van der Waals surface area contributed by atoms with Crippen molar-refractivity contribution >= 4 is 5.91 Å². The van der Waals surface area contributed by atoms with Crippen LogP contribution in [0.2, 0.25) is 0 Å². The average molecular weight is 450 g/mol. The molecule has 0 bridgehead atoms. The molecule has 7 heteroatoms. The van der Waals surface area contributed by atoms with Gasteiger partial charge in [0.2, 0.25) is 11.9 Å². The molecule has 2 atom stereocenters. The van der Waals surface area contributed by atoms with Crippen LogP contribution in [-0.4, -0.2) is 39.4 Å². The van der Waals surface area contributed by atoms with Gasteiger partial charge in [-0.05, 0) is 36.8 Å². The fourth-order valence-corrected chi connectivity index (χ4v) is 3.62. The number of carbonyl (C=O) groups is 1. The second-order valence-electron chi connectivity index (χ2n) is 7.57. The third-order valence-corrected chi connectivity index (χ3v) is 5.33. The van der Waals surface area contributed by atoms with Crippen LogP contribution in [0.15, 0.2) is 66.7 Å². The maximum Gasteiger partial charge on any atom is 0.265 e. The zero-order chi connectivity index (χ0) is 23.2. The number of hydrogen-bond acceptors (Lipinski definition) is 6. The smallest absolute Gasteiger partial charge is 0.265 e. The molecule has 0 radical (unpaired) electrons. The van der Waals surface area contributed by atoms with E-state index in [1.165, 1.54) is 0 Å². The van der Waals surface area contributed by atoms with E-state index in [2.05, 4.69) is 5.32 Å². The zero-order valence-electron chi connectivity index (χ0n) is 18.9. The molecule has 1 aliphatic rings.